The van der Waals surface area contributed by atoms with Crippen LogP contribution in [0.3, 0.4) is 0 Å². The smallest absolute Gasteiger partial charge is 0.220 e. The summed E-state index contributed by atoms with van der Waals surface area (Å²) in [6, 6.07) is 7.56. The number of piperidine rings is 1. The fourth-order valence-electron chi connectivity index (χ4n) is 2.94. The van der Waals surface area contributed by atoms with E-state index in [0.717, 1.165) is 12.0 Å². The normalized spacial score (nSPS) is 16.7. The van der Waals surface area contributed by atoms with E-state index in [1.54, 1.807) is 4.31 Å². The standard InChI is InChI=1S/C18H27ClN2O3S/c1-2-3-14-25(23,24)21-12-10-17(11-13-21)20-18(22)9-6-15-4-7-16(19)8-5-15/h4-5,7-8,17H,2-3,6,9-14H2,1H3,(H,20,22). The number of carbonyl (C=O) groups is 1. The van der Waals surface area contributed by atoms with Crippen molar-refractivity contribution in [2.45, 2.75) is 51.5 Å². The summed E-state index contributed by atoms with van der Waals surface area (Å²) in [5, 5.41) is 3.72. The second-order valence-electron chi connectivity index (χ2n) is 6.54. The number of benzene rings is 1. The van der Waals surface area contributed by atoms with Crippen LogP contribution in [0.5, 0.6) is 0 Å². The van der Waals surface area contributed by atoms with Crippen molar-refractivity contribution in [2.75, 3.05) is 18.8 Å². The zero-order valence-corrected chi connectivity index (χ0v) is 16.3. The first kappa shape index (κ1) is 20.2. The van der Waals surface area contributed by atoms with E-state index < -0.39 is 10.0 Å². The van der Waals surface area contributed by atoms with Crippen molar-refractivity contribution in [1.82, 2.24) is 9.62 Å². The molecule has 1 aliphatic rings. The third-order valence-corrected chi connectivity index (χ3v) is 6.73. The summed E-state index contributed by atoms with van der Waals surface area (Å²) in [5.41, 5.74) is 1.08. The maximum atomic E-state index is 12.2. The summed E-state index contributed by atoms with van der Waals surface area (Å²) >= 11 is 5.85. The summed E-state index contributed by atoms with van der Waals surface area (Å²) < 4.78 is 25.9. The van der Waals surface area contributed by atoms with E-state index in [0.29, 0.717) is 50.2 Å². The second kappa shape index (κ2) is 9.55. The van der Waals surface area contributed by atoms with E-state index in [-0.39, 0.29) is 17.7 Å². The third-order valence-electron chi connectivity index (χ3n) is 4.52. The molecule has 1 aliphatic heterocycles. The first-order valence-electron chi connectivity index (χ1n) is 8.92. The van der Waals surface area contributed by atoms with Crippen LogP contribution < -0.4 is 5.32 Å². The molecule has 0 aromatic heterocycles. The predicted octanol–water partition coefficient (Wildman–Crippen LogP) is 2.98. The fourth-order valence-corrected chi connectivity index (χ4v) is 4.75. The molecule has 2 rings (SSSR count). The Morgan fingerprint density at radius 2 is 1.88 bits per heavy atom. The van der Waals surface area contributed by atoms with Crippen molar-refractivity contribution in [3.8, 4) is 0 Å². The van der Waals surface area contributed by atoms with Gasteiger partial charge in [-0.15, -0.1) is 0 Å². The molecule has 0 spiro atoms. The Morgan fingerprint density at radius 3 is 2.48 bits per heavy atom. The fraction of sp³-hybridized carbons (Fsp3) is 0.611. The van der Waals surface area contributed by atoms with Crippen LogP contribution in [0, 0.1) is 0 Å². The van der Waals surface area contributed by atoms with Crippen molar-refractivity contribution in [3.05, 3.63) is 34.9 Å². The van der Waals surface area contributed by atoms with Crippen molar-refractivity contribution < 1.29 is 13.2 Å². The molecule has 25 heavy (non-hydrogen) atoms. The molecule has 1 N–H and O–H groups in total. The molecule has 1 fully saturated rings. The average Bonchev–Trinajstić information content (AvgIpc) is 2.60. The lowest BCUT2D eigenvalue weighted by molar-refractivity contribution is -0.122. The van der Waals surface area contributed by atoms with Crippen molar-refractivity contribution in [3.63, 3.8) is 0 Å². The Balaban J connectivity index is 1.72. The molecular formula is C18H27ClN2O3S. The Bertz CT molecular complexity index is 653. The van der Waals surface area contributed by atoms with Crippen molar-refractivity contribution >= 4 is 27.5 Å². The number of hydrogen-bond acceptors (Lipinski definition) is 3. The van der Waals surface area contributed by atoms with Gasteiger partial charge in [-0.1, -0.05) is 37.1 Å². The maximum Gasteiger partial charge on any atom is 0.220 e. The molecule has 140 valence electrons. The largest absolute Gasteiger partial charge is 0.353 e. The topological polar surface area (TPSA) is 66.5 Å². The van der Waals surface area contributed by atoms with Crippen LogP contribution in [0.15, 0.2) is 24.3 Å². The molecule has 0 unspecified atom stereocenters. The summed E-state index contributed by atoms with van der Waals surface area (Å²) in [6.07, 6.45) is 4.03. The van der Waals surface area contributed by atoms with Gasteiger partial charge in [0, 0.05) is 30.6 Å². The number of sulfonamides is 1. The number of nitrogens with one attached hydrogen (secondary N) is 1. The highest BCUT2D eigenvalue weighted by atomic mass is 35.5. The molecule has 1 aromatic carbocycles. The van der Waals surface area contributed by atoms with Crippen LogP contribution in [-0.4, -0.2) is 43.5 Å². The molecule has 0 aliphatic carbocycles. The van der Waals surface area contributed by atoms with Gasteiger partial charge in [0.25, 0.3) is 0 Å². The lowest BCUT2D eigenvalue weighted by atomic mass is 10.1. The lowest BCUT2D eigenvalue weighted by Crippen LogP contribution is -2.47. The molecule has 1 saturated heterocycles. The van der Waals surface area contributed by atoms with Gasteiger partial charge in [-0.2, -0.15) is 0 Å². The summed E-state index contributed by atoms with van der Waals surface area (Å²) in [5.74, 6) is 0.240. The highest BCUT2D eigenvalue weighted by Crippen LogP contribution is 2.16. The van der Waals surface area contributed by atoms with E-state index in [1.807, 2.05) is 31.2 Å². The third kappa shape index (κ3) is 6.60. The molecule has 0 atom stereocenters. The van der Waals surface area contributed by atoms with Crippen molar-refractivity contribution in [1.29, 1.82) is 0 Å². The number of rotatable bonds is 8. The van der Waals surface area contributed by atoms with Gasteiger partial charge < -0.3 is 5.32 Å². The highest BCUT2D eigenvalue weighted by molar-refractivity contribution is 7.89. The van der Waals surface area contributed by atoms with Gasteiger partial charge in [0.15, 0.2) is 0 Å². The number of unbranched alkanes of at least 4 members (excludes halogenated alkanes) is 1. The van der Waals surface area contributed by atoms with E-state index in [1.165, 1.54) is 0 Å². The summed E-state index contributed by atoms with van der Waals surface area (Å²) in [4.78, 5) is 12.1. The zero-order chi connectivity index (χ0) is 18.3. The highest BCUT2D eigenvalue weighted by Gasteiger charge is 2.27. The first-order valence-corrected chi connectivity index (χ1v) is 10.9. The average molecular weight is 387 g/mol. The van der Waals surface area contributed by atoms with Gasteiger partial charge >= 0.3 is 0 Å². The van der Waals surface area contributed by atoms with Gasteiger partial charge in [-0.25, -0.2) is 12.7 Å². The summed E-state index contributed by atoms with van der Waals surface area (Å²) in [6.45, 7) is 2.98. The number of halogens is 1. The van der Waals surface area contributed by atoms with Crippen LogP contribution in [0.25, 0.3) is 0 Å². The van der Waals surface area contributed by atoms with Crippen LogP contribution in [0.2, 0.25) is 5.02 Å². The molecule has 7 heteroatoms. The minimum Gasteiger partial charge on any atom is -0.353 e. The molecular weight excluding hydrogens is 360 g/mol. The van der Waals surface area contributed by atoms with E-state index in [2.05, 4.69) is 5.32 Å². The summed E-state index contributed by atoms with van der Waals surface area (Å²) in [7, 11) is -3.14. The second-order valence-corrected chi connectivity index (χ2v) is 9.06. The van der Waals surface area contributed by atoms with Crippen LogP contribution in [0.1, 0.15) is 44.6 Å². The van der Waals surface area contributed by atoms with Crippen LogP contribution in [-0.2, 0) is 21.2 Å². The quantitative estimate of drug-likeness (QED) is 0.746. The monoisotopic (exact) mass is 386 g/mol. The lowest BCUT2D eigenvalue weighted by Gasteiger charge is -2.31. The maximum absolute atomic E-state index is 12.2. The molecule has 0 saturated carbocycles. The van der Waals surface area contributed by atoms with Crippen LogP contribution in [0.4, 0.5) is 0 Å². The molecule has 1 aromatic rings. The Morgan fingerprint density at radius 1 is 1.24 bits per heavy atom. The number of hydrogen-bond donors (Lipinski definition) is 1. The zero-order valence-electron chi connectivity index (χ0n) is 14.7. The molecule has 5 nitrogen and oxygen atoms in total. The molecule has 0 radical (unpaired) electrons. The van der Waals surface area contributed by atoms with Gasteiger partial charge in [-0.3, -0.25) is 4.79 Å². The van der Waals surface area contributed by atoms with E-state index in [9.17, 15) is 13.2 Å². The molecule has 1 heterocycles. The van der Waals surface area contributed by atoms with E-state index >= 15 is 0 Å². The Hall–Kier alpha value is -1.11. The van der Waals surface area contributed by atoms with Gasteiger partial charge in [-0.05, 0) is 43.4 Å². The molecule has 0 bridgehead atoms. The Kier molecular flexibility index (Phi) is 7.72. The predicted molar refractivity (Wildman–Crippen MR) is 101 cm³/mol. The molecule has 1 amide bonds. The van der Waals surface area contributed by atoms with Gasteiger partial charge in [0.1, 0.15) is 0 Å². The van der Waals surface area contributed by atoms with E-state index in [4.69, 9.17) is 11.6 Å². The number of amides is 1. The minimum absolute atomic E-state index is 0.0160. The van der Waals surface area contributed by atoms with Gasteiger partial charge in [0.2, 0.25) is 15.9 Å². The SMILES string of the molecule is CCCCS(=O)(=O)N1CCC(NC(=O)CCc2ccc(Cl)cc2)CC1. The van der Waals surface area contributed by atoms with Crippen LogP contribution >= 0.6 is 11.6 Å². The number of nitrogens with zero attached hydrogens (tertiary/aromatic N) is 1. The number of aryl methyl sites for hydroxylation is 1. The number of carbonyl (C=O) groups excluding carboxylic acids is 1. The Labute approximate surface area is 155 Å². The first-order chi connectivity index (χ1) is 11.9. The minimum atomic E-state index is -3.14. The van der Waals surface area contributed by atoms with Gasteiger partial charge in [0.05, 0.1) is 5.75 Å². The van der Waals surface area contributed by atoms with Crippen molar-refractivity contribution in [2.24, 2.45) is 0 Å².